The molecule has 1 aliphatic heterocycles. The fourth-order valence-corrected chi connectivity index (χ4v) is 4.68. The van der Waals surface area contributed by atoms with Gasteiger partial charge in [0.25, 0.3) is 11.8 Å². The second-order valence-corrected chi connectivity index (χ2v) is 9.88. The van der Waals surface area contributed by atoms with Gasteiger partial charge in [0.2, 0.25) is 10.0 Å². The van der Waals surface area contributed by atoms with Crippen molar-refractivity contribution in [1.82, 2.24) is 10.3 Å². The maximum Gasteiger partial charge on any atom is 0.263 e. The quantitative estimate of drug-likeness (QED) is 0.370. The van der Waals surface area contributed by atoms with Crippen molar-refractivity contribution in [3.05, 3.63) is 54.1 Å². The number of sulfonamides is 1. The van der Waals surface area contributed by atoms with Crippen molar-refractivity contribution in [1.29, 1.82) is 0 Å². The van der Waals surface area contributed by atoms with Crippen LogP contribution < -0.4 is 19.2 Å². The number of anilines is 1. The van der Waals surface area contributed by atoms with Gasteiger partial charge in [-0.25, -0.2) is 13.8 Å². The van der Waals surface area contributed by atoms with Crippen LogP contribution in [-0.4, -0.2) is 83.7 Å². The van der Waals surface area contributed by atoms with Gasteiger partial charge in [-0.15, -0.1) is 0 Å². The van der Waals surface area contributed by atoms with E-state index >= 15 is 0 Å². The highest BCUT2D eigenvalue weighted by Gasteiger charge is 2.29. The van der Waals surface area contributed by atoms with E-state index in [0.717, 1.165) is 10.6 Å². The van der Waals surface area contributed by atoms with Crippen LogP contribution in [0, 0.1) is 0 Å². The van der Waals surface area contributed by atoms with E-state index in [2.05, 4.69) is 10.5 Å². The number of morpholine rings is 1. The number of nitrogens with zero attached hydrogens (tertiary/aromatic N) is 3. The lowest BCUT2D eigenvalue weighted by Gasteiger charge is -2.27. The minimum Gasteiger partial charge on any atom is -0.497 e. The first-order valence-corrected chi connectivity index (χ1v) is 13.1. The van der Waals surface area contributed by atoms with E-state index in [9.17, 15) is 18.0 Å². The molecule has 1 aliphatic rings. The molecule has 0 aliphatic carbocycles. The number of nitrogens with one attached hydrogen (secondary N) is 1. The summed E-state index contributed by atoms with van der Waals surface area (Å²) in [4.78, 5) is 26.5. The number of methoxy groups -OCH3 is 1. The zero-order valence-electron chi connectivity index (χ0n) is 20.4. The average Bonchev–Trinajstić information content (AvgIpc) is 2.88. The van der Waals surface area contributed by atoms with Gasteiger partial charge in [-0.3, -0.25) is 13.9 Å². The largest absolute Gasteiger partial charge is 0.497 e. The van der Waals surface area contributed by atoms with E-state index in [0.29, 0.717) is 49.1 Å². The maximum absolute atomic E-state index is 12.6. The topological polar surface area (TPSA) is 127 Å². The lowest BCUT2D eigenvalue weighted by Crippen LogP contribution is -2.46. The highest BCUT2D eigenvalue weighted by Crippen LogP contribution is 2.23. The highest BCUT2D eigenvalue weighted by molar-refractivity contribution is 7.92. The van der Waals surface area contributed by atoms with Crippen LogP contribution in [0.1, 0.15) is 12.5 Å². The fourth-order valence-electron chi connectivity index (χ4n) is 3.50. The number of amides is 2. The van der Waals surface area contributed by atoms with Crippen LogP contribution >= 0.6 is 0 Å². The number of benzene rings is 2. The van der Waals surface area contributed by atoms with Crippen molar-refractivity contribution in [2.45, 2.75) is 13.0 Å². The molecule has 0 saturated carbocycles. The Labute approximate surface area is 210 Å². The molecule has 0 radical (unpaired) electrons. The van der Waals surface area contributed by atoms with Gasteiger partial charge < -0.3 is 19.1 Å². The van der Waals surface area contributed by atoms with E-state index in [1.54, 1.807) is 53.4 Å². The second kappa shape index (κ2) is 12.4. The van der Waals surface area contributed by atoms with E-state index < -0.39 is 22.0 Å². The van der Waals surface area contributed by atoms with Gasteiger partial charge in [-0.2, -0.15) is 5.10 Å². The molecule has 0 unspecified atom stereocenters. The lowest BCUT2D eigenvalue weighted by atomic mass is 10.2. The Morgan fingerprint density at radius 3 is 2.31 bits per heavy atom. The van der Waals surface area contributed by atoms with Gasteiger partial charge >= 0.3 is 0 Å². The normalized spacial score (nSPS) is 14.8. The van der Waals surface area contributed by atoms with Crippen LogP contribution in [0.25, 0.3) is 0 Å². The molecule has 2 aromatic carbocycles. The standard InChI is InChI=1S/C24H30N4O7S/c1-18(28(36(3,31)32)20-6-10-21(33-2)11-7-20)24(30)26-25-16-19-4-8-22(9-5-19)35-17-23(29)27-12-14-34-15-13-27/h4-11,16,18H,12-15,17H2,1-3H3,(H,26,30)/b25-16-/t18-/m1/s1. The first-order valence-electron chi connectivity index (χ1n) is 11.2. The first-order chi connectivity index (χ1) is 17.2. The molecule has 1 saturated heterocycles. The molecule has 1 atom stereocenters. The minimum absolute atomic E-state index is 0.0631. The second-order valence-electron chi connectivity index (χ2n) is 8.02. The Morgan fingerprint density at radius 1 is 1.11 bits per heavy atom. The third kappa shape index (κ3) is 7.43. The van der Waals surface area contributed by atoms with E-state index in [-0.39, 0.29) is 12.5 Å². The zero-order chi connectivity index (χ0) is 26.1. The average molecular weight is 519 g/mol. The Balaban J connectivity index is 1.55. The molecule has 2 aromatic rings. The summed E-state index contributed by atoms with van der Waals surface area (Å²) in [6, 6.07) is 12.1. The molecule has 1 N–H and O–H groups in total. The Kier molecular flexibility index (Phi) is 9.25. The molecule has 0 bridgehead atoms. The number of rotatable bonds is 10. The van der Waals surface area contributed by atoms with Crippen LogP contribution in [0.5, 0.6) is 11.5 Å². The van der Waals surface area contributed by atoms with Crippen molar-refractivity contribution in [2.75, 3.05) is 50.6 Å². The highest BCUT2D eigenvalue weighted by atomic mass is 32.2. The Bertz CT molecular complexity index is 1160. The van der Waals surface area contributed by atoms with Gasteiger partial charge in [-0.05, 0) is 61.0 Å². The maximum atomic E-state index is 12.6. The fraction of sp³-hybridized carbons (Fsp3) is 0.375. The Morgan fingerprint density at radius 2 is 1.72 bits per heavy atom. The van der Waals surface area contributed by atoms with Gasteiger partial charge in [0, 0.05) is 13.1 Å². The molecule has 3 rings (SSSR count). The predicted octanol–water partition coefficient (Wildman–Crippen LogP) is 1.24. The van der Waals surface area contributed by atoms with Gasteiger partial charge in [0.1, 0.15) is 17.5 Å². The summed E-state index contributed by atoms with van der Waals surface area (Å²) in [5.41, 5.74) is 3.37. The third-order valence-electron chi connectivity index (χ3n) is 5.41. The summed E-state index contributed by atoms with van der Waals surface area (Å²) in [6.45, 7) is 3.59. The van der Waals surface area contributed by atoms with Crippen molar-refractivity contribution >= 4 is 33.7 Å². The molecule has 0 spiro atoms. The molecule has 12 heteroatoms. The number of hydrazone groups is 1. The zero-order valence-corrected chi connectivity index (χ0v) is 21.2. The molecule has 2 amide bonds. The lowest BCUT2D eigenvalue weighted by molar-refractivity contribution is -0.137. The smallest absolute Gasteiger partial charge is 0.263 e. The molecule has 0 aromatic heterocycles. The summed E-state index contributed by atoms with van der Waals surface area (Å²) in [5, 5.41) is 3.93. The van der Waals surface area contributed by atoms with E-state index in [4.69, 9.17) is 14.2 Å². The number of hydrogen-bond donors (Lipinski definition) is 1. The predicted molar refractivity (Wildman–Crippen MR) is 135 cm³/mol. The minimum atomic E-state index is -3.75. The number of ether oxygens (including phenoxy) is 3. The monoisotopic (exact) mass is 518 g/mol. The van der Waals surface area contributed by atoms with E-state index in [1.165, 1.54) is 20.2 Å². The van der Waals surface area contributed by atoms with E-state index in [1.807, 2.05) is 0 Å². The van der Waals surface area contributed by atoms with Crippen molar-refractivity contribution in [3.8, 4) is 11.5 Å². The van der Waals surface area contributed by atoms with Crippen LogP contribution in [0.3, 0.4) is 0 Å². The third-order valence-corrected chi connectivity index (χ3v) is 6.65. The summed E-state index contributed by atoms with van der Waals surface area (Å²) >= 11 is 0. The van der Waals surface area contributed by atoms with Crippen molar-refractivity contribution < 1.29 is 32.2 Å². The molecule has 36 heavy (non-hydrogen) atoms. The summed E-state index contributed by atoms with van der Waals surface area (Å²) < 4.78 is 41.7. The molecular formula is C24H30N4O7S. The number of carbonyl (C=O) groups is 2. The SMILES string of the molecule is COc1ccc(N([C@H](C)C(=O)N/N=C\c2ccc(OCC(=O)N3CCOCC3)cc2)S(C)(=O)=O)cc1. The van der Waals surface area contributed by atoms with Gasteiger partial charge in [0.15, 0.2) is 6.61 Å². The summed E-state index contributed by atoms with van der Waals surface area (Å²) in [6.07, 6.45) is 2.45. The molecular weight excluding hydrogens is 488 g/mol. The van der Waals surface area contributed by atoms with Gasteiger partial charge in [0.05, 0.1) is 38.5 Å². The summed E-state index contributed by atoms with van der Waals surface area (Å²) in [7, 11) is -2.24. The number of hydrogen-bond acceptors (Lipinski definition) is 8. The summed E-state index contributed by atoms with van der Waals surface area (Å²) in [5.74, 6) is 0.386. The molecule has 194 valence electrons. The van der Waals surface area contributed by atoms with Crippen LogP contribution in [0.2, 0.25) is 0 Å². The first kappa shape index (κ1) is 27.0. The number of carbonyl (C=O) groups excluding carboxylic acids is 2. The molecule has 1 fully saturated rings. The van der Waals surface area contributed by atoms with Crippen molar-refractivity contribution in [3.63, 3.8) is 0 Å². The molecule has 1 heterocycles. The van der Waals surface area contributed by atoms with Crippen LogP contribution in [0.4, 0.5) is 5.69 Å². The van der Waals surface area contributed by atoms with Crippen molar-refractivity contribution in [2.24, 2.45) is 5.10 Å². The Hall–Kier alpha value is -3.64. The van der Waals surface area contributed by atoms with Crippen LogP contribution in [0.15, 0.2) is 53.6 Å². The van der Waals surface area contributed by atoms with Crippen LogP contribution in [-0.2, 0) is 24.3 Å². The molecule has 11 nitrogen and oxygen atoms in total. The van der Waals surface area contributed by atoms with Gasteiger partial charge in [-0.1, -0.05) is 0 Å².